The molecule has 0 aromatic heterocycles. The predicted molar refractivity (Wildman–Crippen MR) is 84.1 cm³/mol. The lowest BCUT2D eigenvalue weighted by Gasteiger charge is -2.17. The SMILES string of the molecule is CC1(C)OCC(CNC(=O)c2cc(Br)ccc2I)O1. The lowest BCUT2D eigenvalue weighted by Crippen LogP contribution is -2.34. The first-order chi connectivity index (χ1) is 8.87. The molecule has 1 heterocycles. The number of rotatable bonds is 3. The Morgan fingerprint density at radius 2 is 2.32 bits per heavy atom. The quantitative estimate of drug-likeness (QED) is 0.736. The molecular formula is C13H15BrINO3. The third kappa shape index (κ3) is 4.14. The van der Waals surface area contributed by atoms with E-state index in [4.69, 9.17) is 9.47 Å². The Morgan fingerprint density at radius 3 is 2.95 bits per heavy atom. The third-order valence-electron chi connectivity index (χ3n) is 2.73. The smallest absolute Gasteiger partial charge is 0.252 e. The molecule has 0 spiro atoms. The minimum absolute atomic E-state index is 0.0937. The van der Waals surface area contributed by atoms with Crippen LogP contribution in [0, 0.1) is 3.57 Å². The van der Waals surface area contributed by atoms with Gasteiger partial charge in [0.25, 0.3) is 5.91 Å². The lowest BCUT2D eigenvalue weighted by molar-refractivity contribution is -0.137. The summed E-state index contributed by atoms with van der Waals surface area (Å²) in [5, 5.41) is 2.88. The van der Waals surface area contributed by atoms with Crippen LogP contribution in [-0.4, -0.2) is 30.9 Å². The van der Waals surface area contributed by atoms with Gasteiger partial charge >= 0.3 is 0 Å². The van der Waals surface area contributed by atoms with Crippen molar-refractivity contribution >= 4 is 44.4 Å². The zero-order valence-electron chi connectivity index (χ0n) is 10.7. The monoisotopic (exact) mass is 439 g/mol. The third-order valence-corrected chi connectivity index (χ3v) is 4.16. The van der Waals surface area contributed by atoms with Crippen molar-refractivity contribution in [1.82, 2.24) is 5.32 Å². The predicted octanol–water partition coefficient (Wildman–Crippen LogP) is 2.94. The average Bonchev–Trinajstić information content (AvgIpc) is 2.69. The van der Waals surface area contributed by atoms with Crippen LogP contribution in [0.25, 0.3) is 0 Å². The van der Waals surface area contributed by atoms with Crippen LogP contribution >= 0.6 is 38.5 Å². The normalized spacial score (nSPS) is 21.4. The Morgan fingerprint density at radius 1 is 1.58 bits per heavy atom. The molecule has 19 heavy (non-hydrogen) atoms. The van der Waals surface area contributed by atoms with Crippen LogP contribution in [0.15, 0.2) is 22.7 Å². The average molecular weight is 440 g/mol. The fourth-order valence-corrected chi connectivity index (χ4v) is 2.78. The molecule has 1 fully saturated rings. The van der Waals surface area contributed by atoms with Gasteiger partial charge in [0.2, 0.25) is 0 Å². The molecule has 1 aromatic rings. The van der Waals surface area contributed by atoms with Gasteiger partial charge in [0.05, 0.1) is 12.2 Å². The highest BCUT2D eigenvalue weighted by Crippen LogP contribution is 2.22. The van der Waals surface area contributed by atoms with Gasteiger partial charge in [-0.15, -0.1) is 0 Å². The molecule has 0 bridgehead atoms. The summed E-state index contributed by atoms with van der Waals surface area (Å²) < 4.78 is 12.9. The summed E-state index contributed by atoms with van der Waals surface area (Å²) in [6.45, 7) is 4.69. The van der Waals surface area contributed by atoms with Crippen molar-refractivity contribution in [3.05, 3.63) is 31.8 Å². The van der Waals surface area contributed by atoms with E-state index in [0.29, 0.717) is 18.7 Å². The molecular weight excluding hydrogens is 425 g/mol. The van der Waals surface area contributed by atoms with E-state index < -0.39 is 5.79 Å². The van der Waals surface area contributed by atoms with Crippen LogP contribution in [0.3, 0.4) is 0 Å². The summed E-state index contributed by atoms with van der Waals surface area (Å²) in [5.41, 5.74) is 0.660. The molecule has 2 rings (SSSR count). The molecule has 104 valence electrons. The maximum Gasteiger partial charge on any atom is 0.252 e. The first-order valence-corrected chi connectivity index (χ1v) is 7.79. The number of carbonyl (C=O) groups excluding carboxylic acids is 1. The van der Waals surface area contributed by atoms with Gasteiger partial charge in [-0.25, -0.2) is 0 Å². The van der Waals surface area contributed by atoms with E-state index >= 15 is 0 Å². The van der Waals surface area contributed by atoms with Gasteiger partial charge in [0.1, 0.15) is 6.10 Å². The number of carbonyl (C=O) groups is 1. The van der Waals surface area contributed by atoms with Crippen LogP contribution in [0.4, 0.5) is 0 Å². The number of ether oxygens (including phenoxy) is 2. The van der Waals surface area contributed by atoms with Crippen molar-refractivity contribution < 1.29 is 14.3 Å². The molecule has 0 radical (unpaired) electrons. The summed E-state index contributed by atoms with van der Waals surface area (Å²) in [5.74, 6) is -0.654. The molecule has 1 unspecified atom stereocenters. The van der Waals surface area contributed by atoms with Gasteiger partial charge in [-0.3, -0.25) is 4.79 Å². The summed E-state index contributed by atoms with van der Waals surface area (Å²) in [6, 6.07) is 5.62. The standard InChI is InChI=1S/C13H15BrINO3/c1-13(2)18-7-9(19-13)6-16-12(17)10-5-8(14)3-4-11(10)15/h3-5,9H,6-7H2,1-2H3,(H,16,17). The minimum Gasteiger partial charge on any atom is -0.349 e. The zero-order valence-corrected chi connectivity index (χ0v) is 14.4. The molecule has 0 aliphatic carbocycles. The Kier molecular flexibility index (Phi) is 4.86. The first kappa shape index (κ1) is 15.2. The zero-order chi connectivity index (χ0) is 14.0. The Labute approximate surface area is 134 Å². The van der Waals surface area contributed by atoms with E-state index in [9.17, 15) is 4.79 Å². The molecule has 6 heteroatoms. The summed E-state index contributed by atoms with van der Waals surface area (Å²) in [4.78, 5) is 12.1. The van der Waals surface area contributed by atoms with Crippen molar-refractivity contribution in [2.45, 2.75) is 25.7 Å². The molecule has 1 aromatic carbocycles. The second-order valence-corrected chi connectivity index (χ2v) is 6.86. The van der Waals surface area contributed by atoms with Crippen molar-refractivity contribution in [2.75, 3.05) is 13.2 Å². The largest absolute Gasteiger partial charge is 0.349 e. The van der Waals surface area contributed by atoms with Crippen molar-refractivity contribution in [3.63, 3.8) is 0 Å². The summed E-state index contributed by atoms with van der Waals surface area (Å²) in [6.07, 6.45) is -0.0937. The molecule has 1 N–H and O–H groups in total. The second-order valence-electron chi connectivity index (χ2n) is 4.78. The number of hydrogen-bond donors (Lipinski definition) is 1. The number of amides is 1. The molecule has 4 nitrogen and oxygen atoms in total. The Bertz CT molecular complexity index is 493. The highest BCUT2D eigenvalue weighted by atomic mass is 127. The first-order valence-electron chi connectivity index (χ1n) is 5.92. The Balaban J connectivity index is 1.93. The molecule has 1 amide bonds. The summed E-state index contributed by atoms with van der Waals surface area (Å²) >= 11 is 5.52. The molecule has 1 atom stereocenters. The fourth-order valence-electron chi connectivity index (χ4n) is 1.84. The number of hydrogen-bond acceptors (Lipinski definition) is 3. The maximum atomic E-state index is 12.1. The van der Waals surface area contributed by atoms with E-state index in [2.05, 4.69) is 43.8 Å². The summed E-state index contributed by atoms with van der Waals surface area (Å²) in [7, 11) is 0. The van der Waals surface area contributed by atoms with Gasteiger partial charge in [-0.2, -0.15) is 0 Å². The second kappa shape index (κ2) is 6.07. The van der Waals surface area contributed by atoms with Crippen molar-refractivity contribution in [3.8, 4) is 0 Å². The van der Waals surface area contributed by atoms with Crippen LogP contribution in [-0.2, 0) is 9.47 Å². The van der Waals surface area contributed by atoms with Gasteiger partial charge < -0.3 is 14.8 Å². The van der Waals surface area contributed by atoms with E-state index in [1.165, 1.54) is 0 Å². The highest BCUT2D eigenvalue weighted by molar-refractivity contribution is 14.1. The maximum absolute atomic E-state index is 12.1. The molecule has 1 aliphatic rings. The van der Waals surface area contributed by atoms with Crippen LogP contribution < -0.4 is 5.32 Å². The van der Waals surface area contributed by atoms with Crippen LogP contribution in [0.5, 0.6) is 0 Å². The number of benzene rings is 1. The van der Waals surface area contributed by atoms with Crippen LogP contribution in [0.2, 0.25) is 0 Å². The number of halogens is 2. The minimum atomic E-state index is -0.556. The van der Waals surface area contributed by atoms with Gasteiger partial charge in [0.15, 0.2) is 5.79 Å². The molecule has 1 aliphatic heterocycles. The molecule has 1 saturated heterocycles. The van der Waals surface area contributed by atoms with Gasteiger partial charge in [0, 0.05) is 14.6 Å². The lowest BCUT2D eigenvalue weighted by atomic mass is 10.2. The van der Waals surface area contributed by atoms with Gasteiger partial charge in [-0.05, 0) is 54.6 Å². The number of nitrogens with one attached hydrogen (secondary N) is 1. The molecule has 0 saturated carbocycles. The van der Waals surface area contributed by atoms with Crippen molar-refractivity contribution in [1.29, 1.82) is 0 Å². The highest BCUT2D eigenvalue weighted by Gasteiger charge is 2.32. The van der Waals surface area contributed by atoms with E-state index in [0.717, 1.165) is 8.04 Å². The van der Waals surface area contributed by atoms with Gasteiger partial charge in [-0.1, -0.05) is 15.9 Å². The van der Waals surface area contributed by atoms with Crippen molar-refractivity contribution in [2.24, 2.45) is 0 Å². The van der Waals surface area contributed by atoms with Crippen LogP contribution in [0.1, 0.15) is 24.2 Å². The topological polar surface area (TPSA) is 47.6 Å². The Hall–Kier alpha value is -0.180. The van der Waals surface area contributed by atoms with E-state index in [-0.39, 0.29) is 12.0 Å². The van der Waals surface area contributed by atoms with E-state index in [1.54, 1.807) is 0 Å². The fraction of sp³-hybridized carbons (Fsp3) is 0.462. The van der Waals surface area contributed by atoms with E-state index in [1.807, 2.05) is 32.0 Å².